The van der Waals surface area contributed by atoms with E-state index in [1.807, 2.05) is 0 Å². The van der Waals surface area contributed by atoms with Gasteiger partial charge in [0.2, 0.25) is 0 Å². The minimum atomic E-state index is -2.49. The van der Waals surface area contributed by atoms with Gasteiger partial charge in [-0.2, -0.15) is 0 Å². The van der Waals surface area contributed by atoms with Crippen molar-refractivity contribution in [1.29, 1.82) is 0 Å². The summed E-state index contributed by atoms with van der Waals surface area (Å²) in [5.74, 6) is 0.530. The molecule has 0 spiro atoms. The number of hydrogen-bond acceptors (Lipinski definition) is 3. The Balaban J connectivity index is 1.75. The van der Waals surface area contributed by atoms with Gasteiger partial charge in [-0.05, 0) is 53.9 Å². The first-order chi connectivity index (χ1) is 15.2. The van der Waals surface area contributed by atoms with Gasteiger partial charge in [0.15, 0.2) is 0 Å². The average Bonchev–Trinajstić information content (AvgIpc) is 2.77. The van der Waals surface area contributed by atoms with Crippen LogP contribution in [0.3, 0.4) is 0 Å². The van der Waals surface area contributed by atoms with E-state index < -0.39 is 8.32 Å². The summed E-state index contributed by atoms with van der Waals surface area (Å²) < 4.78 is 13.4. The molecular weight excluding hydrogens is 412 g/mol. The highest BCUT2D eigenvalue weighted by Gasteiger charge is 2.51. The Morgan fingerprint density at radius 1 is 0.906 bits per heavy atom. The van der Waals surface area contributed by atoms with E-state index in [1.165, 1.54) is 10.4 Å². The fraction of sp³-hybridized carbons (Fsp3) is 0.536. The lowest BCUT2D eigenvalue weighted by atomic mass is 9.95. The normalized spacial score (nSPS) is 20.7. The Morgan fingerprint density at radius 2 is 1.38 bits per heavy atom. The Morgan fingerprint density at radius 3 is 1.81 bits per heavy atom. The van der Waals surface area contributed by atoms with Crippen LogP contribution in [0.15, 0.2) is 60.7 Å². The molecule has 0 bridgehead atoms. The Labute approximate surface area is 195 Å². The van der Waals surface area contributed by atoms with E-state index in [2.05, 4.69) is 88.4 Å². The molecule has 0 saturated heterocycles. The van der Waals surface area contributed by atoms with Crippen LogP contribution in [0.1, 0.15) is 66.7 Å². The molecule has 0 unspecified atom stereocenters. The molecule has 4 heteroatoms. The second-order valence-electron chi connectivity index (χ2n) is 10.5. The van der Waals surface area contributed by atoms with Gasteiger partial charge in [0.25, 0.3) is 8.32 Å². The summed E-state index contributed by atoms with van der Waals surface area (Å²) >= 11 is 0. The third-order valence-corrected chi connectivity index (χ3v) is 11.7. The van der Waals surface area contributed by atoms with Crippen molar-refractivity contribution in [2.24, 2.45) is 5.92 Å². The SMILES string of the molecule is CC(=O)C[C@@H](C)COC1CCC(O[Si](c2ccccc2)(c2ccccc2)C(C)(C)C)CC1. The highest BCUT2D eigenvalue weighted by Crippen LogP contribution is 2.39. The summed E-state index contributed by atoms with van der Waals surface area (Å²) in [6, 6.07) is 21.8. The highest BCUT2D eigenvalue weighted by atomic mass is 28.4. The Hall–Kier alpha value is -1.75. The number of ether oxygens (including phenoxy) is 1. The number of rotatable bonds is 9. The van der Waals surface area contributed by atoms with Crippen molar-refractivity contribution in [2.45, 2.75) is 84.0 Å². The van der Waals surface area contributed by atoms with Crippen LogP contribution < -0.4 is 10.4 Å². The van der Waals surface area contributed by atoms with Crippen LogP contribution in [0, 0.1) is 5.92 Å². The molecule has 1 fully saturated rings. The summed E-state index contributed by atoms with van der Waals surface area (Å²) in [6.07, 6.45) is 5.23. The maximum atomic E-state index is 11.3. The molecule has 0 aliphatic heterocycles. The van der Waals surface area contributed by atoms with E-state index in [0.717, 1.165) is 25.7 Å². The number of carbonyl (C=O) groups is 1. The molecule has 1 aliphatic rings. The molecule has 2 aromatic carbocycles. The number of Topliss-reactive ketones (excluding diaryl/α,β-unsaturated/α-hetero) is 1. The van der Waals surface area contributed by atoms with E-state index in [9.17, 15) is 4.79 Å². The fourth-order valence-corrected chi connectivity index (χ4v) is 9.86. The summed E-state index contributed by atoms with van der Waals surface area (Å²) in [4.78, 5) is 11.3. The van der Waals surface area contributed by atoms with Gasteiger partial charge in [0.05, 0.1) is 6.10 Å². The molecule has 0 heterocycles. The molecule has 32 heavy (non-hydrogen) atoms. The van der Waals surface area contributed by atoms with E-state index >= 15 is 0 Å². The zero-order valence-electron chi connectivity index (χ0n) is 20.5. The van der Waals surface area contributed by atoms with Crippen LogP contribution in [0.5, 0.6) is 0 Å². The van der Waals surface area contributed by atoms with Crippen molar-refractivity contribution in [3.05, 3.63) is 60.7 Å². The molecule has 3 nitrogen and oxygen atoms in total. The summed E-state index contributed by atoms with van der Waals surface area (Å²) in [5.41, 5.74) is 0. The molecule has 1 saturated carbocycles. The zero-order valence-corrected chi connectivity index (χ0v) is 21.5. The summed E-state index contributed by atoms with van der Waals surface area (Å²) in [6.45, 7) is 11.4. The monoisotopic (exact) mass is 452 g/mol. The molecule has 0 radical (unpaired) electrons. The lowest BCUT2D eigenvalue weighted by Crippen LogP contribution is -2.67. The average molecular weight is 453 g/mol. The highest BCUT2D eigenvalue weighted by molar-refractivity contribution is 6.99. The Kier molecular flexibility index (Phi) is 8.48. The first-order valence-corrected chi connectivity index (χ1v) is 14.0. The van der Waals surface area contributed by atoms with E-state index in [-0.39, 0.29) is 23.0 Å². The van der Waals surface area contributed by atoms with Gasteiger partial charge in [-0.3, -0.25) is 0 Å². The molecule has 174 valence electrons. The molecule has 0 amide bonds. The van der Waals surface area contributed by atoms with Crippen molar-refractivity contribution in [2.75, 3.05) is 6.61 Å². The van der Waals surface area contributed by atoms with Crippen LogP contribution in [0.4, 0.5) is 0 Å². The fourth-order valence-electron chi connectivity index (χ4n) is 5.11. The minimum absolute atomic E-state index is 0.00514. The Bertz CT molecular complexity index is 796. The van der Waals surface area contributed by atoms with Crippen LogP contribution in [-0.2, 0) is 14.0 Å². The number of benzene rings is 2. The predicted molar refractivity (Wildman–Crippen MR) is 135 cm³/mol. The molecule has 0 N–H and O–H groups in total. The maximum Gasteiger partial charge on any atom is 0.261 e. The lowest BCUT2D eigenvalue weighted by Gasteiger charge is -2.46. The van der Waals surface area contributed by atoms with Crippen molar-refractivity contribution >= 4 is 24.5 Å². The van der Waals surface area contributed by atoms with Gasteiger partial charge in [-0.15, -0.1) is 0 Å². The van der Waals surface area contributed by atoms with Crippen LogP contribution in [-0.4, -0.2) is 32.9 Å². The number of ketones is 1. The quantitative estimate of drug-likeness (QED) is 0.471. The van der Waals surface area contributed by atoms with E-state index in [1.54, 1.807) is 6.92 Å². The van der Waals surface area contributed by atoms with Crippen molar-refractivity contribution in [1.82, 2.24) is 0 Å². The van der Waals surface area contributed by atoms with E-state index in [4.69, 9.17) is 9.16 Å². The number of hydrogen-bond donors (Lipinski definition) is 0. The predicted octanol–water partition coefficient (Wildman–Crippen LogP) is 5.51. The first kappa shape index (κ1) is 24.9. The zero-order chi connectivity index (χ0) is 23.2. The second-order valence-corrected chi connectivity index (χ2v) is 14.8. The van der Waals surface area contributed by atoms with Gasteiger partial charge >= 0.3 is 0 Å². The van der Waals surface area contributed by atoms with Crippen LogP contribution in [0.2, 0.25) is 5.04 Å². The van der Waals surface area contributed by atoms with Crippen LogP contribution in [0.25, 0.3) is 0 Å². The van der Waals surface area contributed by atoms with Gasteiger partial charge in [0, 0.05) is 19.1 Å². The maximum absolute atomic E-state index is 11.3. The topological polar surface area (TPSA) is 35.5 Å². The summed E-state index contributed by atoms with van der Waals surface area (Å²) in [5, 5.41) is 2.69. The van der Waals surface area contributed by atoms with E-state index in [0.29, 0.717) is 18.9 Å². The first-order valence-electron chi connectivity index (χ1n) is 12.1. The van der Waals surface area contributed by atoms with Gasteiger partial charge in [-0.1, -0.05) is 88.4 Å². The van der Waals surface area contributed by atoms with Crippen molar-refractivity contribution < 1.29 is 14.0 Å². The largest absolute Gasteiger partial charge is 0.404 e. The second kappa shape index (κ2) is 10.9. The molecule has 1 atom stereocenters. The smallest absolute Gasteiger partial charge is 0.261 e. The molecule has 0 aromatic heterocycles. The molecular formula is C28H40O3Si. The molecule has 1 aliphatic carbocycles. The van der Waals surface area contributed by atoms with Gasteiger partial charge < -0.3 is 14.0 Å². The third-order valence-electron chi connectivity index (χ3n) is 6.63. The van der Waals surface area contributed by atoms with Crippen LogP contribution >= 0.6 is 0 Å². The van der Waals surface area contributed by atoms with Crippen molar-refractivity contribution in [3.8, 4) is 0 Å². The van der Waals surface area contributed by atoms with Crippen molar-refractivity contribution in [3.63, 3.8) is 0 Å². The summed E-state index contributed by atoms with van der Waals surface area (Å²) in [7, 11) is -2.49. The van der Waals surface area contributed by atoms with Gasteiger partial charge in [-0.25, -0.2) is 0 Å². The standard InChI is InChI=1S/C28H40O3Si/c1-22(20-23(2)29)21-30-24-16-18-25(19-17-24)31-32(28(3,4)5,26-12-8-6-9-13-26)27-14-10-7-11-15-27/h6-15,22,24-25H,16-21H2,1-5H3/t22-,24?,25?/m1/s1. The third kappa shape index (κ3) is 5.97. The lowest BCUT2D eigenvalue weighted by molar-refractivity contribution is -0.118. The molecule has 3 rings (SSSR count). The minimum Gasteiger partial charge on any atom is -0.404 e. The van der Waals surface area contributed by atoms with Gasteiger partial charge in [0.1, 0.15) is 5.78 Å². The number of carbonyl (C=O) groups excluding carboxylic acids is 1. The molecule has 2 aromatic rings.